The van der Waals surface area contributed by atoms with Crippen LogP contribution >= 0.6 is 11.3 Å². The standard InChI is InChI=1S/C14H22N2O4S2/c1-20-10-14(6-3-7-14)9-16-13(17)15-8-11-4-5-12(21-11)22(2,18)19/h4-5H,3,6-10H2,1-2H3,(H2,15,16,17). The minimum absolute atomic E-state index is 0.0818. The van der Waals surface area contributed by atoms with Crippen molar-refractivity contribution in [2.75, 3.05) is 26.5 Å². The maximum absolute atomic E-state index is 11.8. The molecule has 0 radical (unpaired) electrons. The van der Waals surface area contributed by atoms with Crippen LogP contribution in [0.15, 0.2) is 16.3 Å². The molecule has 1 saturated carbocycles. The molecule has 1 aliphatic carbocycles. The second kappa shape index (κ2) is 6.97. The van der Waals surface area contributed by atoms with Crippen LogP contribution in [0.3, 0.4) is 0 Å². The van der Waals surface area contributed by atoms with E-state index >= 15 is 0 Å². The van der Waals surface area contributed by atoms with Gasteiger partial charge < -0.3 is 15.4 Å². The first-order valence-corrected chi connectivity index (χ1v) is 9.85. The summed E-state index contributed by atoms with van der Waals surface area (Å²) in [6.45, 7) is 1.59. The molecule has 22 heavy (non-hydrogen) atoms. The Hall–Kier alpha value is -1.12. The van der Waals surface area contributed by atoms with E-state index in [2.05, 4.69) is 10.6 Å². The van der Waals surface area contributed by atoms with Gasteiger partial charge in [-0.25, -0.2) is 13.2 Å². The molecule has 1 fully saturated rings. The lowest BCUT2D eigenvalue weighted by Gasteiger charge is -2.41. The van der Waals surface area contributed by atoms with Crippen LogP contribution in [0.1, 0.15) is 24.1 Å². The van der Waals surface area contributed by atoms with Gasteiger partial charge in [-0.05, 0) is 25.0 Å². The van der Waals surface area contributed by atoms with Gasteiger partial charge in [-0.1, -0.05) is 6.42 Å². The van der Waals surface area contributed by atoms with Gasteiger partial charge in [0, 0.05) is 30.2 Å². The maximum Gasteiger partial charge on any atom is 0.315 e. The Morgan fingerprint density at radius 3 is 2.59 bits per heavy atom. The molecule has 1 aromatic heterocycles. The minimum Gasteiger partial charge on any atom is -0.384 e. The predicted molar refractivity (Wildman–Crippen MR) is 85.8 cm³/mol. The van der Waals surface area contributed by atoms with Crippen molar-refractivity contribution in [1.82, 2.24) is 10.6 Å². The van der Waals surface area contributed by atoms with Gasteiger partial charge in [0.15, 0.2) is 9.84 Å². The lowest BCUT2D eigenvalue weighted by molar-refractivity contribution is 0.0200. The van der Waals surface area contributed by atoms with Crippen molar-refractivity contribution in [2.45, 2.75) is 30.0 Å². The number of carbonyl (C=O) groups is 1. The third kappa shape index (κ3) is 4.44. The lowest BCUT2D eigenvalue weighted by atomic mass is 9.69. The third-order valence-corrected chi connectivity index (χ3v) is 6.82. The van der Waals surface area contributed by atoms with Crippen molar-refractivity contribution in [3.05, 3.63) is 17.0 Å². The summed E-state index contributed by atoms with van der Waals surface area (Å²) in [6, 6.07) is 3.05. The van der Waals surface area contributed by atoms with E-state index in [0.717, 1.165) is 17.7 Å². The van der Waals surface area contributed by atoms with Crippen LogP contribution in [0.5, 0.6) is 0 Å². The van der Waals surface area contributed by atoms with E-state index < -0.39 is 9.84 Å². The highest BCUT2D eigenvalue weighted by atomic mass is 32.2. The number of thiophene rings is 1. The number of nitrogens with one attached hydrogen (secondary N) is 2. The number of sulfone groups is 1. The maximum atomic E-state index is 11.8. The van der Waals surface area contributed by atoms with Gasteiger partial charge in [0.25, 0.3) is 0 Å². The van der Waals surface area contributed by atoms with E-state index in [9.17, 15) is 13.2 Å². The molecular weight excluding hydrogens is 324 g/mol. The summed E-state index contributed by atoms with van der Waals surface area (Å²) < 4.78 is 28.3. The van der Waals surface area contributed by atoms with Gasteiger partial charge in [0.2, 0.25) is 0 Å². The number of ether oxygens (including phenoxy) is 1. The SMILES string of the molecule is COCC1(CNC(=O)NCc2ccc(S(C)(=O)=O)s2)CCC1. The van der Waals surface area contributed by atoms with Gasteiger partial charge in [-0.15, -0.1) is 11.3 Å². The first-order chi connectivity index (χ1) is 10.3. The Balaban J connectivity index is 1.77. The Labute approximate surface area is 135 Å². The predicted octanol–water partition coefficient (Wildman–Crippen LogP) is 1.77. The molecule has 8 heteroatoms. The first-order valence-electron chi connectivity index (χ1n) is 7.14. The third-order valence-electron chi connectivity index (χ3n) is 3.91. The molecule has 0 atom stereocenters. The van der Waals surface area contributed by atoms with Crippen LogP contribution in [-0.4, -0.2) is 41.0 Å². The van der Waals surface area contributed by atoms with Gasteiger partial charge in [0.1, 0.15) is 4.21 Å². The molecule has 0 spiro atoms. The summed E-state index contributed by atoms with van der Waals surface area (Å²) in [5.41, 5.74) is 0.0818. The zero-order chi connectivity index (χ0) is 16.2. The Morgan fingerprint density at radius 1 is 1.36 bits per heavy atom. The molecule has 1 heterocycles. The van der Waals surface area contributed by atoms with Crippen molar-refractivity contribution in [1.29, 1.82) is 0 Å². The van der Waals surface area contributed by atoms with E-state index in [1.54, 1.807) is 19.2 Å². The van der Waals surface area contributed by atoms with Crippen LogP contribution in [0.4, 0.5) is 4.79 Å². The number of rotatable bonds is 7. The highest BCUT2D eigenvalue weighted by Gasteiger charge is 2.37. The second-order valence-corrected chi connectivity index (χ2v) is 9.23. The van der Waals surface area contributed by atoms with Crippen molar-refractivity contribution in [3.63, 3.8) is 0 Å². The van der Waals surface area contributed by atoms with Gasteiger partial charge >= 0.3 is 6.03 Å². The molecule has 2 N–H and O–H groups in total. The van der Waals surface area contributed by atoms with Crippen LogP contribution in [-0.2, 0) is 21.1 Å². The summed E-state index contributed by atoms with van der Waals surface area (Å²) in [7, 11) is -1.50. The molecule has 0 bridgehead atoms. The molecule has 0 saturated heterocycles. The average Bonchev–Trinajstić information content (AvgIpc) is 2.88. The zero-order valence-electron chi connectivity index (χ0n) is 12.8. The summed E-state index contributed by atoms with van der Waals surface area (Å²) in [4.78, 5) is 12.6. The summed E-state index contributed by atoms with van der Waals surface area (Å²) in [6.07, 6.45) is 4.50. The zero-order valence-corrected chi connectivity index (χ0v) is 14.5. The molecule has 2 amide bonds. The molecular formula is C14H22N2O4S2. The second-order valence-electron chi connectivity index (χ2n) is 5.82. The molecule has 0 aliphatic heterocycles. The van der Waals surface area contributed by atoms with E-state index in [-0.39, 0.29) is 11.4 Å². The van der Waals surface area contributed by atoms with Crippen molar-refractivity contribution in [3.8, 4) is 0 Å². The quantitative estimate of drug-likeness (QED) is 0.788. The Morgan fingerprint density at radius 2 is 2.09 bits per heavy atom. The van der Waals surface area contributed by atoms with Crippen molar-refractivity contribution < 1.29 is 17.9 Å². The fraction of sp³-hybridized carbons (Fsp3) is 0.643. The van der Waals surface area contributed by atoms with Crippen molar-refractivity contribution in [2.24, 2.45) is 5.41 Å². The van der Waals surface area contributed by atoms with Gasteiger partial charge in [-0.2, -0.15) is 0 Å². The lowest BCUT2D eigenvalue weighted by Crippen LogP contribution is -2.47. The first kappa shape index (κ1) is 17.2. The summed E-state index contributed by atoms with van der Waals surface area (Å²) in [5, 5.41) is 5.63. The molecule has 1 aliphatic rings. The normalized spacial score (nSPS) is 16.8. The largest absolute Gasteiger partial charge is 0.384 e. The number of amides is 2. The number of hydrogen-bond donors (Lipinski definition) is 2. The van der Waals surface area contributed by atoms with Crippen LogP contribution in [0.2, 0.25) is 0 Å². The van der Waals surface area contributed by atoms with E-state index in [1.165, 1.54) is 24.0 Å². The van der Waals surface area contributed by atoms with Gasteiger partial charge in [-0.3, -0.25) is 0 Å². The number of urea groups is 1. The molecule has 0 aromatic carbocycles. The Bertz CT molecular complexity index is 621. The molecule has 2 rings (SSSR count). The summed E-state index contributed by atoms with van der Waals surface area (Å²) >= 11 is 1.18. The number of methoxy groups -OCH3 is 1. The highest BCUT2D eigenvalue weighted by molar-refractivity contribution is 7.92. The smallest absolute Gasteiger partial charge is 0.315 e. The monoisotopic (exact) mass is 346 g/mol. The number of hydrogen-bond acceptors (Lipinski definition) is 5. The van der Waals surface area contributed by atoms with Crippen molar-refractivity contribution >= 4 is 27.2 Å². The fourth-order valence-corrected chi connectivity index (χ4v) is 4.42. The Kier molecular flexibility index (Phi) is 5.46. The molecule has 1 aromatic rings. The van der Waals surface area contributed by atoms with E-state index in [0.29, 0.717) is 23.9 Å². The van der Waals surface area contributed by atoms with Crippen LogP contribution in [0.25, 0.3) is 0 Å². The molecule has 0 unspecified atom stereocenters. The minimum atomic E-state index is -3.18. The molecule has 6 nitrogen and oxygen atoms in total. The van der Waals surface area contributed by atoms with E-state index in [1.807, 2.05) is 0 Å². The fourth-order valence-electron chi connectivity index (χ4n) is 2.51. The van der Waals surface area contributed by atoms with Gasteiger partial charge in [0.05, 0.1) is 13.2 Å². The topological polar surface area (TPSA) is 84.5 Å². The molecule has 124 valence electrons. The van der Waals surface area contributed by atoms with Crippen LogP contribution in [0, 0.1) is 5.41 Å². The average molecular weight is 346 g/mol. The highest BCUT2D eigenvalue weighted by Crippen LogP contribution is 2.40. The van der Waals surface area contributed by atoms with Crippen LogP contribution < -0.4 is 10.6 Å². The number of carbonyl (C=O) groups excluding carboxylic acids is 1. The van der Waals surface area contributed by atoms with E-state index in [4.69, 9.17) is 4.74 Å². The summed E-state index contributed by atoms with van der Waals surface area (Å²) in [5.74, 6) is 0.